The number of rotatable bonds is 7. The molecule has 3 aromatic rings. The van der Waals surface area contributed by atoms with Gasteiger partial charge in [0.25, 0.3) is 0 Å². The van der Waals surface area contributed by atoms with E-state index in [0.29, 0.717) is 12.3 Å². The fraction of sp³-hybridized carbons (Fsp3) is 0.217. The predicted octanol–water partition coefficient (Wildman–Crippen LogP) is 5.00. The number of hydrogen-bond donors (Lipinski definition) is 1. The van der Waals surface area contributed by atoms with Crippen molar-refractivity contribution in [2.45, 2.75) is 32.2 Å². The molecule has 0 fully saturated rings. The van der Waals surface area contributed by atoms with Gasteiger partial charge in [0, 0.05) is 12.2 Å². The standard InChI is InChI=1S/C23H25NO4S/c1-16-5-10-21(11-6-16)29(25,26)28-22-12-8-19(14-23(22)27-4)15-24-20-9-7-17(2)18(3)13-20/h5-14,24H,15H2,1-4H3. The van der Waals surface area contributed by atoms with Crippen LogP contribution in [0.5, 0.6) is 11.5 Å². The molecule has 0 radical (unpaired) electrons. The molecule has 0 bridgehead atoms. The van der Waals surface area contributed by atoms with Crippen molar-refractivity contribution in [3.8, 4) is 11.5 Å². The highest BCUT2D eigenvalue weighted by Crippen LogP contribution is 2.31. The van der Waals surface area contributed by atoms with Crippen LogP contribution in [0, 0.1) is 20.8 Å². The molecule has 0 saturated carbocycles. The smallest absolute Gasteiger partial charge is 0.339 e. The minimum absolute atomic E-state index is 0.102. The number of anilines is 1. The van der Waals surface area contributed by atoms with Crippen LogP contribution in [0.2, 0.25) is 0 Å². The molecule has 0 aliphatic carbocycles. The normalized spacial score (nSPS) is 11.2. The summed E-state index contributed by atoms with van der Waals surface area (Å²) in [6, 6.07) is 17.9. The van der Waals surface area contributed by atoms with Crippen LogP contribution in [0.1, 0.15) is 22.3 Å². The summed E-state index contributed by atoms with van der Waals surface area (Å²) in [4.78, 5) is 0.102. The topological polar surface area (TPSA) is 64.6 Å². The predicted molar refractivity (Wildman–Crippen MR) is 115 cm³/mol. The molecule has 152 valence electrons. The van der Waals surface area contributed by atoms with E-state index < -0.39 is 10.1 Å². The van der Waals surface area contributed by atoms with E-state index in [-0.39, 0.29) is 10.6 Å². The highest BCUT2D eigenvalue weighted by Gasteiger charge is 2.19. The molecule has 6 heteroatoms. The van der Waals surface area contributed by atoms with Gasteiger partial charge in [-0.15, -0.1) is 0 Å². The summed E-state index contributed by atoms with van der Waals surface area (Å²) in [6.07, 6.45) is 0. The van der Waals surface area contributed by atoms with Crippen molar-refractivity contribution >= 4 is 15.8 Å². The van der Waals surface area contributed by atoms with Crippen molar-refractivity contribution in [3.05, 3.63) is 82.9 Å². The van der Waals surface area contributed by atoms with Gasteiger partial charge in [-0.2, -0.15) is 8.42 Å². The van der Waals surface area contributed by atoms with Crippen LogP contribution in [-0.2, 0) is 16.7 Å². The molecular weight excluding hydrogens is 386 g/mol. The second-order valence-corrected chi connectivity index (χ2v) is 8.53. The van der Waals surface area contributed by atoms with E-state index in [9.17, 15) is 8.42 Å². The van der Waals surface area contributed by atoms with Crippen LogP contribution in [0.3, 0.4) is 0 Å². The summed E-state index contributed by atoms with van der Waals surface area (Å²) >= 11 is 0. The first-order chi connectivity index (χ1) is 13.8. The lowest BCUT2D eigenvalue weighted by atomic mass is 10.1. The number of aryl methyl sites for hydroxylation is 3. The molecule has 0 unspecified atom stereocenters. The first-order valence-electron chi connectivity index (χ1n) is 9.28. The van der Waals surface area contributed by atoms with Gasteiger partial charge in [-0.1, -0.05) is 29.8 Å². The van der Waals surface area contributed by atoms with Gasteiger partial charge in [0.1, 0.15) is 4.90 Å². The first-order valence-corrected chi connectivity index (χ1v) is 10.7. The first kappa shape index (κ1) is 20.7. The quantitative estimate of drug-likeness (QED) is 0.554. The van der Waals surface area contributed by atoms with Gasteiger partial charge < -0.3 is 14.2 Å². The molecule has 3 aromatic carbocycles. The van der Waals surface area contributed by atoms with Gasteiger partial charge >= 0.3 is 10.1 Å². The van der Waals surface area contributed by atoms with E-state index in [1.165, 1.54) is 30.4 Å². The van der Waals surface area contributed by atoms with Gasteiger partial charge in [-0.05, 0) is 73.9 Å². The Morgan fingerprint density at radius 2 is 1.55 bits per heavy atom. The lowest BCUT2D eigenvalue weighted by Crippen LogP contribution is -2.10. The Morgan fingerprint density at radius 3 is 2.21 bits per heavy atom. The molecule has 0 spiro atoms. The minimum Gasteiger partial charge on any atom is -0.493 e. The third-order valence-electron chi connectivity index (χ3n) is 4.74. The van der Waals surface area contributed by atoms with E-state index >= 15 is 0 Å². The maximum Gasteiger partial charge on any atom is 0.339 e. The molecular formula is C23H25NO4S. The SMILES string of the molecule is COc1cc(CNc2ccc(C)c(C)c2)ccc1OS(=O)(=O)c1ccc(C)cc1. The summed E-state index contributed by atoms with van der Waals surface area (Å²) in [5.41, 5.74) is 5.41. The molecule has 3 rings (SSSR count). The van der Waals surface area contributed by atoms with Crippen LogP contribution in [-0.4, -0.2) is 15.5 Å². The van der Waals surface area contributed by atoms with Gasteiger partial charge in [0.05, 0.1) is 7.11 Å². The van der Waals surface area contributed by atoms with Gasteiger partial charge in [0.15, 0.2) is 11.5 Å². The lowest BCUT2D eigenvalue weighted by Gasteiger charge is -2.13. The van der Waals surface area contributed by atoms with Crippen LogP contribution in [0.25, 0.3) is 0 Å². The van der Waals surface area contributed by atoms with E-state index in [1.807, 2.05) is 19.1 Å². The van der Waals surface area contributed by atoms with E-state index in [1.54, 1.807) is 24.3 Å². The van der Waals surface area contributed by atoms with Crippen LogP contribution in [0.15, 0.2) is 65.6 Å². The second kappa shape index (κ2) is 8.57. The highest BCUT2D eigenvalue weighted by atomic mass is 32.2. The average molecular weight is 412 g/mol. The fourth-order valence-electron chi connectivity index (χ4n) is 2.82. The Kier molecular flexibility index (Phi) is 6.13. The molecule has 0 heterocycles. The number of hydrogen-bond acceptors (Lipinski definition) is 5. The van der Waals surface area contributed by atoms with E-state index in [2.05, 4.69) is 31.3 Å². The van der Waals surface area contributed by atoms with Crippen molar-refractivity contribution in [1.29, 1.82) is 0 Å². The van der Waals surface area contributed by atoms with Crippen molar-refractivity contribution in [2.75, 3.05) is 12.4 Å². The lowest BCUT2D eigenvalue weighted by molar-refractivity contribution is 0.390. The van der Waals surface area contributed by atoms with Crippen molar-refractivity contribution in [3.63, 3.8) is 0 Å². The number of methoxy groups -OCH3 is 1. The van der Waals surface area contributed by atoms with Crippen molar-refractivity contribution in [1.82, 2.24) is 0 Å². The molecule has 0 saturated heterocycles. The van der Waals surface area contributed by atoms with Gasteiger partial charge in [-0.3, -0.25) is 0 Å². The Labute approximate surface area is 172 Å². The monoisotopic (exact) mass is 411 g/mol. The zero-order chi connectivity index (χ0) is 21.0. The molecule has 0 aromatic heterocycles. The number of ether oxygens (including phenoxy) is 1. The Balaban J connectivity index is 1.76. The second-order valence-electron chi connectivity index (χ2n) is 6.99. The third-order valence-corrected chi connectivity index (χ3v) is 5.99. The summed E-state index contributed by atoms with van der Waals surface area (Å²) < 4.78 is 35.8. The van der Waals surface area contributed by atoms with E-state index in [4.69, 9.17) is 8.92 Å². The van der Waals surface area contributed by atoms with Crippen molar-refractivity contribution in [2.24, 2.45) is 0 Å². The van der Waals surface area contributed by atoms with Crippen molar-refractivity contribution < 1.29 is 17.3 Å². The molecule has 0 atom stereocenters. The van der Waals surface area contributed by atoms with E-state index in [0.717, 1.165) is 16.8 Å². The van der Waals surface area contributed by atoms with Gasteiger partial charge in [-0.25, -0.2) is 0 Å². The van der Waals surface area contributed by atoms with Crippen LogP contribution >= 0.6 is 0 Å². The summed E-state index contributed by atoms with van der Waals surface area (Å²) in [7, 11) is -2.45. The van der Waals surface area contributed by atoms with Crippen LogP contribution in [0.4, 0.5) is 5.69 Å². The molecule has 5 nitrogen and oxygen atoms in total. The Hall–Kier alpha value is -2.99. The Bertz CT molecular complexity index is 1110. The molecule has 0 amide bonds. The molecule has 1 N–H and O–H groups in total. The molecule has 0 aliphatic heterocycles. The zero-order valence-electron chi connectivity index (χ0n) is 17.0. The number of benzene rings is 3. The van der Waals surface area contributed by atoms with Crippen LogP contribution < -0.4 is 14.2 Å². The maximum atomic E-state index is 12.5. The average Bonchev–Trinajstić information content (AvgIpc) is 2.69. The highest BCUT2D eigenvalue weighted by molar-refractivity contribution is 7.87. The summed E-state index contributed by atoms with van der Waals surface area (Å²) in [6.45, 7) is 6.62. The maximum absolute atomic E-state index is 12.5. The zero-order valence-corrected chi connectivity index (χ0v) is 17.8. The van der Waals surface area contributed by atoms with Gasteiger partial charge in [0.2, 0.25) is 0 Å². The molecule has 29 heavy (non-hydrogen) atoms. The third kappa shape index (κ3) is 5.09. The minimum atomic E-state index is -3.94. The Morgan fingerprint density at radius 1 is 0.828 bits per heavy atom. The summed E-state index contributed by atoms with van der Waals surface area (Å²) in [5, 5.41) is 3.36. The fourth-order valence-corrected chi connectivity index (χ4v) is 3.76. The molecule has 0 aliphatic rings. The largest absolute Gasteiger partial charge is 0.493 e. The summed E-state index contributed by atoms with van der Waals surface area (Å²) in [5.74, 6) is 0.517. The number of nitrogens with one attached hydrogen (secondary N) is 1.